The number of hydrogen-bond donors (Lipinski definition) is 0. The fraction of sp³-hybridized carbons (Fsp3) is 0.667. The Bertz CT molecular complexity index is 131. The zero-order valence-corrected chi connectivity index (χ0v) is 8.72. The first kappa shape index (κ1) is 11.5. The van der Waals surface area contributed by atoms with Crippen molar-refractivity contribution in [1.29, 1.82) is 0 Å². The second kappa shape index (κ2) is 8.58. The fourth-order valence-electron chi connectivity index (χ4n) is 0.898. The molecule has 1 unspecified atom stereocenters. The maximum atomic E-state index is 2.29. The van der Waals surface area contributed by atoms with E-state index in [0.717, 1.165) is 5.92 Å². The number of unbranched alkanes of at least 4 members (excludes halogenated alkanes) is 1. The number of allylic oxidation sites excluding steroid dienone is 4. The molecule has 70 valence electrons. The first-order valence-electron chi connectivity index (χ1n) is 5.12. The van der Waals surface area contributed by atoms with Crippen molar-refractivity contribution >= 4 is 0 Å². The van der Waals surface area contributed by atoms with Crippen LogP contribution in [-0.4, -0.2) is 0 Å². The Balaban J connectivity index is 3.36. The van der Waals surface area contributed by atoms with Crippen LogP contribution in [0.2, 0.25) is 0 Å². The second-order valence-corrected chi connectivity index (χ2v) is 3.39. The number of hydrogen-bond acceptors (Lipinski definition) is 0. The monoisotopic (exact) mass is 166 g/mol. The fourth-order valence-corrected chi connectivity index (χ4v) is 0.898. The lowest BCUT2D eigenvalue weighted by molar-refractivity contribution is 0.572. The highest BCUT2D eigenvalue weighted by atomic mass is 14.0. The van der Waals surface area contributed by atoms with Crippen molar-refractivity contribution in [2.45, 2.75) is 46.5 Å². The van der Waals surface area contributed by atoms with E-state index in [9.17, 15) is 0 Å². The van der Waals surface area contributed by atoms with Gasteiger partial charge in [0.05, 0.1) is 0 Å². The van der Waals surface area contributed by atoms with E-state index in [-0.39, 0.29) is 0 Å². The zero-order valence-electron chi connectivity index (χ0n) is 8.72. The third kappa shape index (κ3) is 7.59. The molecule has 0 saturated heterocycles. The van der Waals surface area contributed by atoms with E-state index in [4.69, 9.17) is 0 Å². The van der Waals surface area contributed by atoms with E-state index in [1.165, 1.54) is 25.7 Å². The van der Waals surface area contributed by atoms with Crippen LogP contribution in [0.25, 0.3) is 0 Å². The first-order chi connectivity index (χ1) is 5.81. The molecule has 0 aromatic rings. The Hall–Kier alpha value is -0.520. The molecule has 0 N–H and O–H groups in total. The van der Waals surface area contributed by atoms with E-state index >= 15 is 0 Å². The van der Waals surface area contributed by atoms with Crippen LogP contribution in [0.5, 0.6) is 0 Å². The quantitative estimate of drug-likeness (QED) is 0.515. The van der Waals surface area contributed by atoms with Crippen LogP contribution < -0.4 is 0 Å². The normalized spacial score (nSPS) is 14.6. The van der Waals surface area contributed by atoms with Crippen LogP contribution in [0.15, 0.2) is 24.3 Å². The van der Waals surface area contributed by atoms with Gasteiger partial charge in [-0.3, -0.25) is 0 Å². The smallest absolute Gasteiger partial charge is 0.0322 e. The van der Waals surface area contributed by atoms with Crippen molar-refractivity contribution < 1.29 is 0 Å². The van der Waals surface area contributed by atoms with Gasteiger partial charge in [0.2, 0.25) is 0 Å². The maximum absolute atomic E-state index is 2.29. The van der Waals surface area contributed by atoms with Crippen molar-refractivity contribution in [3.63, 3.8) is 0 Å². The highest BCUT2D eigenvalue weighted by Gasteiger charge is 1.91. The summed E-state index contributed by atoms with van der Waals surface area (Å²) in [5, 5.41) is 0. The molecule has 0 amide bonds. The van der Waals surface area contributed by atoms with Crippen LogP contribution in [0.1, 0.15) is 46.5 Å². The molecule has 0 fully saturated rings. The topological polar surface area (TPSA) is 0 Å². The largest absolute Gasteiger partial charge is 0.0846 e. The van der Waals surface area contributed by atoms with E-state index < -0.39 is 0 Å². The zero-order chi connectivity index (χ0) is 9.23. The third-order valence-corrected chi connectivity index (χ3v) is 2.07. The van der Waals surface area contributed by atoms with Crippen LogP contribution in [0.4, 0.5) is 0 Å². The molecule has 0 nitrogen and oxygen atoms in total. The van der Waals surface area contributed by atoms with Gasteiger partial charge in [0.15, 0.2) is 0 Å². The highest BCUT2D eigenvalue weighted by molar-refractivity contribution is 5.02. The number of rotatable bonds is 6. The summed E-state index contributed by atoms with van der Waals surface area (Å²) in [7, 11) is 0. The Morgan fingerprint density at radius 2 is 1.75 bits per heavy atom. The molecule has 0 spiro atoms. The maximum Gasteiger partial charge on any atom is -0.0322 e. The molecule has 0 aliphatic carbocycles. The molecule has 1 atom stereocenters. The lowest BCUT2D eigenvalue weighted by atomic mass is 10.1. The lowest BCUT2D eigenvalue weighted by Gasteiger charge is -2.01. The Morgan fingerprint density at radius 1 is 1.08 bits per heavy atom. The minimum atomic E-state index is 0.834. The van der Waals surface area contributed by atoms with Crippen molar-refractivity contribution in [3.8, 4) is 0 Å². The summed E-state index contributed by atoms with van der Waals surface area (Å²) < 4.78 is 0. The molecular weight excluding hydrogens is 144 g/mol. The van der Waals surface area contributed by atoms with Crippen LogP contribution in [0.3, 0.4) is 0 Å². The average Bonchev–Trinajstić information content (AvgIpc) is 2.10. The average molecular weight is 166 g/mol. The summed E-state index contributed by atoms with van der Waals surface area (Å²) in [5.41, 5.74) is 0. The minimum absolute atomic E-state index is 0.834. The Morgan fingerprint density at radius 3 is 2.33 bits per heavy atom. The predicted molar refractivity (Wildman–Crippen MR) is 57.3 cm³/mol. The van der Waals surface area contributed by atoms with Gasteiger partial charge in [-0.25, -0.2) is 0 Å². The van der Waals surface area contributed by atoms with Crippen LogP contribution in [-0.2, 0) is 0 Å². The lowest BCUT2D eigenvalue weighted by Crippen LogP contribution is -1.87. The van der Waals surface area contributed by atoms with Crippen molar-refractivity contribution in [3.05, 3.63) is 24.3 Å². The Labute approximate surface area is 77.4 Å². The van der Waals surface area contributed by atoms with E-state index in [2.05, 4.69) is 45.1 Å². The summed E-state index contributed by atoms with van der Waals surface area (Å²) in [4.78, 5) is 0. The molecule has 0 heterocycles. The molecule has 0 radical (unpaired) electrons. The van der Waals surface area contributed by atoms with E-state index in [0.29, 0.717) is 0 Å². The molecule has 0 aromatic carbocycles. The van der Waals surface area contributed by atoms with Gasteiger partial charge in [0.25, 0.3) is 0 Å². The molecule has 0 bridgehead atoms. The van der Waals surface area contributed by atoms with Gasteiger partial charge in [-0.15, -0.1) is 0 Å². The summed E-state index contributed by atoms with van der Waals surface area (Å²) >= 11 is 0. The predicted octanol–water partition coefficient (Wildman–Crippen LogP) is 4.34. The molecular formula is C12H22. The van der Waals surface area contributed by atoms with E-state index in [1.54, 1.807) is 0 Å². The van der Waals surface area contributed by atoms with Gasteiger partial charge in [-0.05, 0) is 18.8 Å². The molecule has 12 heavy (non-hydrogen) atoms. The summed E-state index contributed by atoms with van der Waals surface area (Å²) in [6.07, 6.45) is 13.8. The van der Waals surface area contributed by atoms with Gasteiger partial charge in [0.1, 0.15) is 0 Å². The minimum Gasteiger partial charge on any atom is -0.0846 e. The molecule has 0 aliphatic rings. The van der Waals surface area contributed by atoms with Gasteiger partial charge >= 0.3 is 0 Å². The van der Waals surface area contributed by atoms with Crippen LogP contribution in [0, 0.1) is 5.92 Å². The Kier molecular flexibility index (Phi) is 8.20. The SMILES string of the molecule is CCCC=CC=CCC(C)CC. The summed E-state index contributed by atoms with van der Waals surface area (Å²) in [5.74, 6) is 0.834. The van der Waals surface area contributed by atoms with Gasteiger partial charge in [-0.2, -0.15) is 0 Å². The second-order valence-electron chi connectivity index (χ2n) is 3.39. The molecule has 0 saturated carbocycles. The molecule has 0 aromatic heterocycles. The third-order valence-electron chi connectivity index (χ3n) is 2.07. The van der Waals surface area contributed by atoms with E-state index in [1.807, 2.05) is 0 Å². The highest BCUT2D eigenvalue weighted by Crippen LogP contribution is 2.06. The summed E-state index contributed by atoms with van der Waals surface area (Å²) in [6, 6.07) is 0. The molecule has 0 heteroatoms. The van der Waals surface area contributed by atoms with Gasteiger partial charge in [-0.1, -0.05) is 57.9 Å². The van der Waals surface area contributed by atoms with Crippen molar-refractivity contribution in [2.24, 2.45) is 5.92 Å². The van der Waals surface area contributed by atoms with Crippen molar-refractivity contribution in [2.75, 3.05) is 0 Å². The first-order valence-corrected chi connectivity index (χ1v) is 5.12. The molecule has 0 rings (SSSR count). The standard InChI is InChI=1S/C12H22/c1-4-6-7-8-9-10-11-12(3)5-2/h7-10,12H,4-6,11H2,1-3H3. The van der Waals surface area contributed by atoms with Gasteiger partial charge in [0, 0.05) is 0 Å². The van der Waals surface area contributed by atoms with Gasteiger partial charge < -0.3 is 0 Å². The van der Waals surface area contributed by atoms with Crippen LogP contribution >= 0.6 is 0 Å². The summed E-state index contributed by atoms with van der Waals surface area (Å²) in [6.45, 7) is 6.73. The molecule has 0 aliphatic heterocycles. The van der Waals surface area contributed by atoms with Crippen molar-refractivity contribution in [1.82, 2.24) is 0 Å².